The van der Waals surface area contributed by atoms with Gasteiger partial charge in [0.2, 0.25) is 5.91 Å². The van der Waals surface area contributed by atoms with Crippen LogP contribution in [0.25, 0.3) is 0 Å². The number of ether oxygens (including phenoxy) is 1. The van der Waals surface area contributed by atoms with Crippen molar-refractivity contribution in [3.8, 4) is 0 Å². The highest BCUT2D eigenvalue weighted by molar-refractivity contribution is 5.77. The van der Waals surface area contributed by atoms with E-state index in [9.17, 15) is 9.18 Å². The molecule has 1 amide bonds. The van der Waals surface area contributed by atoms with Gasteiger partial charge in [-0.3, -0.25) is 9.78 Å². The lowest BCUT2D eigenvalue weighted by Crippen LogP contribution is -2.41. The van der Waals surface area contributed by atoms with Crippen LogP contribution >= 0.6 is 0 Å². The van der Waals surface area contributed by atoms with Crippen molar-refractivity contribution in [3.05, 3.63) is 64.7 Å². The van der Waals surface area contributed by atoms with Crippen molar-refractivity contribution in [2.45, 2.75) is 32.1 Å². The SMILES string of the molecule is COCC(=O)N1CCC[C@@H](c2cc(Cc3ccccc3F)cc(C)n2)C1. The van der Waals surface area contributed by atoms with Gasteiger partial charge in [0, 0.05) is 43.9 Å². The van der Waals surface area contributed by atoms with E-state index in [2.05, 4.69) is 6.07 Å². The molecule has 1 aliphatic heterocycles. The summed E-state index contributed by atoms with van der Waals surface area (Å²) in [5.74, 6) is 0.0535. The van der Waals surface area contributed by atoms with Gasteiger partial charge in [-0.05, 0) is 49.1 Å². The van der Waals surface area contributed by atoms with Crippen LogP contribution < -0.4 is 0 Å². The average Bonchev–Trinajstić information content (AvgIpc) is 2.63. The number of aromatic nitrogens is 1. The molecule has 1 aliphatic rings. The summed E-state index contributed by atoms with van der Waals surface area (Å²) in [6, 6.07) is 10.9. The Kier molecular flexibility index (Phi) is 5.99. The van der Waals surface area contributed by atoms with E-state index >= 15 is 0 Å². The lowest BCUT2D eigenvalue weighted by atomic mass is 9.92. The van der Waals surface area contributed by atoms with Crippen LogP contribution in [0.5, 0.6) is 0 Å². The van der Waals surface area contributed by atoms with E-state index in [4.69, 9.17) is 9.72 Å². The van der Waals surface area contributed by atoms with Gasteiger partial charge in [-0.15, -0.1) is 0 Å². The molecule has 26 heavy (non-hydrogen) atoms. The van der Waals surface area contributed by atoms with Crippen LogP contribution in [-0.4, -0.2) is 42.6 Å². The predicted molar refractivity (Wildman–Crippen MR) is 98.6 cm³/mol. The van der Waals surface area contributed by atoms with Gasteiger partial charge in [0.05, 0.1) is 0 Å². The van der Waals surface area contributed by atoms with Crippen molar-refractivity contribution >= 4 is 5.91 Å². The summed E-state index contributed by atoms with van der Waals surface area (Å²) in [5.41, 5.74) is 3.66. The second-order valence-corrected chi connectivity index (χ2v) is 6.92. The molecule has 1 atom stereocenters. The molecule has 138 valence electrons. The van der Waals surface area contributed by atoms with Crippen LogP contribution in [0.1, 0.15) is 41.3 Å². The Hall–Kier alpha value is -2.27. The summed E-state index contributed by atoms with van der Waals surface area (Å²) in [7, 11) is 1.54. The van der Waals surface area contributed by atoms with Crippen molar-refractivity contribution < 1.29 is 13.9 Å². The van der Waals surface area contributed by atoms with Gasteiger partial charge in [0.15, 0.2) is 0 Å². The number of amides is 1. The largest absolute Gasteiger partial charge is 0.375 e. The van der Waals surface area contributed by atoms with Gasteiger partial charge < -0.3 is 9.64 Å². The van der Waals surface area contributed by atoms with Crippen molar-refractivity contribution in [1.29, 1.82) is 0 Å². The van der Waals surface area contributed by atoms with Crippen LogP contribution in [0.15, 0.2) is 36.4 Å². The molecule has 0 aliphatic carbocycles. The molecule has 1 aromatic heterocycles. The Balaban J connectivity index is 1.79. The summed E-state index contributed by atoms with van der Waals surface area (Å²) in [6.45, 7) is 3.52. The number of piperidine rings is 1. The molecule has 0 saturated carbocycles. The number of carbonyl (C=O) groups excluding carboxylic acids is 1. The topological polar surface area (TPSA) is 42.4 Å². The molecule has 1 aromatic carbocycles. The van der Waals surface area contributed by atoms with Crippen molar-refractivity contribution in [2.75, 3.05) is 26.8 Å². The minimum atomic E-state index is -0.183. The highest BCUT2D eigenvalue weighted by Gasteiger charge is 2.25. The number of nitrogens with zero attached hydrogens (tertiary/aromatic N) is 2. The molecule has 5 heteroatoms. The zero-order chi connectivity index (χ0) is 18.5. The molecule has 3 rings (SSSR count). The van der Waals surface area contributed by atoms with Crippen LogP contribution in [0, 0.1) is 12.7 Å². The molecule has 2 heterocycles. The second kappa shape index (κ2) is 8.41. The Bertz CT molecular complexity index is 778. The fourth-order valence-electron chi connectivity index (χ4n) is 3.60. The van der Waals surface area contributed by atoms with E-state index in [-0.39, 0.29) is 24.2 Å². The number of carbonyl (C=O) groups is 1. The van der Waals surface area contributed by atoms with Gasteiger partial charge in [-0.25, -0.2) is 4.39 Å². The number of halogens is 1. The Morgan fingerprint density at radius 1 is 1.35 bits per heavy atom. The van der Waals surface area contributed by atoms with E-state index in [1.165, 1.54) is 13.2 Å². The van der Waals surface area contributed by atoms with E-state index in [0.29, 0.717) is 18.5 Å². The lowest BCUT2D eigenvalue weighted by molar-refractivity contribution is -0.136. The third-order valence-electron chi connectivity index (χ3n) is 4.85. The molecule has 0 radical (unpaired) electrons. The van der Waals surface area contributed by atoms with Crippen LogP contribution in [0.4, 0.5) is 4.39 Å². The number of likely N-dealkylation sites (tertiary alicyclic amines) is 1. The van der Waals surface area contributed by atoms with E-state index in [1.54, 1.807) is 6.07 Å². The first kappa shape index (κ1) is 18.5. The zero-order valence-corrected chi connectivity index (χ0v) is 15.4. The Labute approximate surface area is 154 Å². The van der Waals surface area contributed by atoms with Gasteiger partial charge >= 0.3 is 0 Å². The number of methoxy groups -OCH3 is 1. The number of aryl methyl sites for hydroxylation is 1. The van der Waals surface area contributed by atoms with Crippen molar-refractivity contribution in [1.82, 2.24) is 9.88 Å². The van der Waals surface area contributed by atoms with Crippen molar-refractivity contribution in [3.63, 3.8) is 0 Å². The summed E-state index contributed by atoms with van der Waals surface area (Å²) in [6.07, 6.45) is 2.51. The summed E-state index contributed by atoms with van der Waals surface area (Å²) < 4.78 is 18.9. The summed E-state index contributed by atoms with van der Waals surface area (Å²) in [5, 5.41) is 0. The third-order valence-corrected chi connectivity index (χ3v) is 4.85. The molecule has 0 N–H and O–H groups in total. The third kappa shape index (κ3) is 4.47. The van der Waals surface area contributed by atoms with Gasteiger partial charge in [-0.1, -0.05) is 18.2 Å². The number of hydrogen-bond donors (Lipinski definition) is 0. The van der Waals surface area contributed by atoms with E-state index < -0.39 is 0 Å². The highest BCUT2D eigenvalue weighted by atomic mass is 19.1. The number of rotatable bonds is 5. The van der Waals surface area contributed by atoms with Crippen LogP contribution in [0.3, 0.4) is 0 Å². The fraction of sp³-hybridized carbons (Fsp3) is 0.429. The maximum absolute atomic E-state index is 14.0. The highest BCUT2D eigenvalue weighted by Crippen LogP contribution is 2.27. The normalized spacial score (nSPS) is 17.3. The Morgan fingerprint density at radius 2 is 2.15 bits per heavy atom. The van der Waals surface area contributed by atoms with E-state index in [0.717, 1.165) is 36.3 Å². The quantitative estimate of drug-likeness (QED) is 0.824. The van der Waals surface area contributed by atoms with Crippen molar-refractivity contribution in [2.24, 2.45) is 0 Å². The lowest BCUT2D eigenvalue weighted by Gasteiger charge is -2.32. The molecule has 2 aromatic rings. The summed E-state index contributed by atoms with van der Waals surface area (Å²) in [4.78, 5) is 18.7. The minimum absolute atomic E-state index is 0.0245. The molecule has 0 spiro atoms. The first-order valence-corrected chi connectivity index (χ1v) is 9.04. The standard InChI is InChI=1S/C21H25FN2O2/c1-15-10-16(11-17-6-3-4-8-19(17)22)12-20(23-15)18-7-5-9-24(13-18)21(25)14-26-2/h3-4,6,8,10,12,18H,5,7,9,11,13-14H2,1-2H3/t18-/m1/s1. The summed E-state index contributed by atoms with van der Waals surface area (Å²) >= 11 is 0. The molecular formula is C21H25FN2O2. The number of benzene rings is 1. The van der Waals surface area contributed by atoms with Crippen LogP contribution in [-0.2, 0) is 16.0 Å². The number of hydrogen-bond acceptors (Lipinski definition) is 3. The molecular weight excluding hydrogens is 331 g/mol. The van der Waals surface area contributed by atoms with E-state index in [1.807, 2.05) is 30.0 Å². The number of pyridine rings is 1. The van der Waals surface area contributed by atoms with Gasteiger partial charge in [0.25, 0.3) is 0 Å². The smallest absolute Gasteiger partial charge is 0.248 e. The maximum atomic E-state index is 14.0. The molecule has 0 bridgehead atoms. The maximum Gasteiger partial charge on any atom is 0.248 e. The minimum Gasteiger partial charge on any atom is -0.375 e. The first-order chi connectivity index (χ1) is 12.6. The second-order valence-electron chi connectivity index (χ2n) is 6.92. The zero-order valence-electron chi connectivity index (χ0n) is 15.4. The molecule has 1 fully saturated rings. The predicted octanol–water partition coefficient (Wildman–Crippen LogP) is 3.47. The molecule has 1 saturated heterocycles. The van der Waals surface area contributed by atoms with Gasteiger partial charge in [-0.2, -0.15) is 0 Å². The first-order valence-electron chi connectivity index (χ1n) is 9.04. The van der Waals surface area contributed by atoms with Gasteiger partial charge in [0.1, 0.15) is 12.4 Å². The molecule has 4 nitrogen and oxygen atoms in total. The van der Waals surface area contributed by atoms with Crippen LogP contribution in [0.2, 0.25) is 0 Å². The fourth-order valence-corrected chi connectivity index (χ4v) is 3.60. The Morgan fingerprint density at radius 3 is 2.92 bits per heavy atom. The monoisotopic (exact) mass is 356 g/mol. The average molecular weight is 356 g/mol. The molecule has 0 unspecified atom stereocenters.